The van der Waals surface area contributed by atoms with Gasteiger partial charge in [-0.3, -0.25) is 4.79 Å². The summed E-state index contributed by atoms with van der Waals surface area (Å²) in [6.45, 7) is 13.5. The lowest BCUT2D eigenvalue weighted by Crippen LogP contribution is -2.29. The average Bonchev–Trinajstić information content (AvgIpc) is 3.32. The van der Waals surface area contributed by atoms with Crippen LogP contribution < -0.4 is 20.3 Å². The van der Waals surface area contributed by atoms with Gasteiger partial charge in [-0.25, -0.2) is 4.99 Å². The molecule has 37 heavy (non-hydrogen) atoms. The van der Waals surface area contributed by atoms with Crippen LogP contribution in [0.2, 0.25) is 0 Å². The van der Waals surface area contributed by atoms with Gasteiger partial charge >= 0.3 is 0 Å². The van der Waals surface area contributed by atoms with E-state index in [0.29, 0.717) is 23.0 Å². The first-order valence-corrected chi connectivity index (χ1v) is 13.3. The van der Waals surface area contributed by atoms with Crippen LogP contribution >= 0.6 is 11.3 Å². The van der Waals surface area contributed by atoms with E-state index in [2.05, 4.69) is 65.3 Å². The van der Waals surface area contributed by atoms with Crippen LogP contribution in [0, 0.1) is 0 Å². The van der Waals surface area contributed by atoms with Crippen molar-refractivity contribution < 1.29 is 9.53 Å². The Labute approximate surface area is 226 Å². The Morgan fingerprint density at radius 2 is 1.89 bits per heavy atom. The monoisotopic (exact) mass is 523 g/mol. The maximum atomic E-state index is 12.2. The van der Waals surface area contributed by atoms with Crippen LogP contribution in [-0.2, 0) is 4.79 Å². The number of rotatable bonds is 12. The van der Waals surface area contributed by atoms with Crippen LogP contribution in [-0.4, -0.2) is 58.0 Å². The highest BCUT2D eigenvalue weighted by atomic mass is 32.1. The van der Waals surface area contributed by atoms with Crippen molar-refractivity contribution in [1.29, 1.82) is 0 Å². The van der Waals surface area contributed by atoms with Crippen molar-refractivity contribution in [3.63, 3.8) is 0 Å². The number of benzene rings is 1. The summed E-state index contributed by atoms with van der Waals surface area (Å²) in [7, 11) is 7.69. The van der Waals surface area contributed by atoms with Gasteiger partial charge in [0.25, 0.3) is 0 Å². The number of amidine groups is 1. The fraction of sp³-hybridized carbons (Fsp3) is 0.379. The molecule has 1 aromatic carbocycles. The van der Waals surface area contributed by atoms with E-state index >= 15 is 0 Å². The summed E-state index contributed by atoms with van der Waals surface area (Å²) in [4.78, 5) is 22.5. The van der Waals surface area contributed by atoms with E-state index in [9.17, 15) is 4.79 Å². The number of anilines is 3. The number of carbonyl (C=O) groups excluding carboxylic acids is 1. The van der Waals surface area contributed by atoms with Gasteiger partial charge in [-0.05, 0) is 76.0 Å². The molecule has 0 spiro atoms. The van der Waals surface area contributed by atoms with E-state index < -0.39 is 0 Å². The van der Waals surface area contributed by atoms with Gasteiger partial charge in [0.2, 0.25) is 5.91 Å². The number of allylic oxidation sites excluding steroid dienone is 4. The Bertz CT molecular complexity index is 1180. The zero-order valence-corrected chi connectivity index (χ0v) is 24.3. The zero-order chi connectivity index (χ0) is 27.5. The summed E-state index contributed by atoms with van der Waals surface area (Å²) in [5.41, 5.74) is 5.57. The third-order valence-corrected chi connectivity index (χ3v) is 6.75. The molecule has 8 heteroatoms. The number of carbonyl (C=O) groups is 1. The first kappa shape index (κ1) is 29.9. The van der Waals surface area contributed by atoms with Crippen molar-refractivity contribution in [2.75, 3.05) is 56.9 Å². The Balaban J connectivity index is 2.47. The van der Waals surface area contributed by atoms with Crippen LogP contribution in [0.1, 0.15) is 39.0 Å². The minimum atomic E-state index is -0.277. The van der Waals surface area contributed by atoms with E-state index in [0.717, 1.165) is 35.8 Å². The predicted octanol–water partition coefficient (Wildman–Crippen LogP) is 6.80. The molecule has 1 aromatic heterocycles. The minimum Gasteiger partial charge on any atom is -0.494 e. The van der Waals surface area contributed by atoms with Crippen molar-refractivity contribution in [3.8, 4) is 5.75 Å². The molecule has 0 saturated carbocycles. The van der Waals surface area contributed by atoms with Crippen LogP contribution in [0.4, 0.5) is 22.7 Å². The standard InChI is InChI=1S/C29H41N5O2S/c1-10-13-22(20(4)11-2)29-23(14-17-37-29)30-21(5)31-25-18-24(32-28(35)12-3)26(19-27(25)36-9)34(8)16-15-33(6)7/h11-14,17-19H,3,10,15-16H2,1-2,4-9H3,(H,30,31)(H,32,35)/b20-11+,22-13+. The van der Waals surface area contributed by atoms with Gasteiger partial charge in [-0.15, -0.1) is 11.3 Å². The lowest BCUT2D eigenvalue weighted by molar-refractivity contribution is -0.111. The molecule has 0 aliphatic carbocycles. The molecule has 0 bridgehead atoms. The van der Waals surface area contributed by atoms with Crippen molar-refractivity contribution in [3.05, 3.63) is 58.8 Å². The topological polar surface area (TPSA) is 69.2 Å². The Hall–Kier alpha value is -3.36. The number of thiophene rings is 1. The normalized spacial score (nSPS) is 12.5. The summed E-state index contributed by atoms with van der Waals surface area (Å²) >= 11 is 1.69. The fourth-order valence-corrected chi connectivity index (χ4v) is 4.63. The predicted molar refractivity (Wildman–Crippen MR) is 162 cm³/mol. The highest BCUT2D eigenvalue weighted by Crippen LogP contribution is 2.38. The summed E-state index contributed by atoms with van der Waals surface area (Å²) in [5, 5.41) is 8.38. The molecule has 0 radical (unpaired) electrons. The van der Waals surface area contributed by atoms with Crippen LogP contribution in [0.25, 0.3) is 5.57 Å². The molecule has 0 unspecified atom stereocenters. The maximum Gasteiger partial charge on any atom is 0.247 e. The van der Waals surface area contributed by atoms with E-state index in [1.54, 1.807) is 18.4 Å². The molecule has 1 heterocycles. The number of nitrogens with one attached hydrogen (secondary N) is 2. The third kappa shape index (κ3) is 8.33. The highest BCUT2D eigenvalue weighted by Gasteiger charge is 2.17. The molecular weight excluding hydrogens is 482 g/mol. The number of hydrogen-bond donors (Lipinski definition) is 2. The SMILES string of the molecule is C=CC(=O)Nc1cc(NC(C)=Nc2ccsc2C(=C/CC)/C(C)=C/C)c(OC)cc1N(C)CCN(C)C. The largest absolute Gasteiger partial charge is 0.494 e. The Morgan fingerprint density at radius 1 is 1.16 bits per heavy atom. The number of aliphatic imine (C=N–C) groups is 1. The Kier molecular flexibility index (Phi) is 11.6. The third-order valence-electron chi connectivity index (χ3n) is 5.81. The lowest BCUT2D eigenvalue weighted by atomic mass is 10.0. The van der Waals surface area contributed by atoms with Crippen LogP contribution in [0.15, 0.2) is 59.0 Å². The molecule has 2 aromatic rings. The second-order valence-electron chi connectivity index (χ2n) is 8.94. The number of methoxy groups -OCH3 is 1. The second kappa shape index (κ2) is 14.4. The number of nitrogens with zero attached hydrogens (tertiary/aromatic N) is 3. The van der Waals surface area contributed by atoms with Gasteiger partial charge in [0.1, 0.15) is 11.6 Å². The van der Waals surface area contributed by atoms with Gasteiger partial charge in [0.05, 0.1) is 34.7 Å². The zero-order valence-electron chi connectivity index (χ0n) is 23.4. The van der Waals surface area contributed by atoms with Gasteiger partial charge in [-0.1, -0.05) is 25.7 Å². The number of ether oxygens (including phenoxy) is 1. The molecule has 0 atom stereocenters. The molecule has 7 nitrogen and oxygen atoms in total. The molecule has 2 rings (SSSR count). The molecule has 2 N–H and O–H groups in total. The Morgan fingerprint density at radius 3 is 2.49 bits per heavy atom. The molecule has 1 amide bonds. The van der Waals surface area contributed by atoms with Crippen molar-refractivity contribution in [2.24, 2.45) is 4.99 Å². The van der Waals surface area contributed by atoms with E-state index in [4.69, 9.17) is 9.73 Å². The summed E-state index contributed by atoms with van der Waals surface area (Å²) in [6, 6.07) is 5.84. The first-order valence-electron chi connectivity index (χ1n) is 12.4. The molecule has 200 valence electrons. The molecule has 0 aliphatic rings. The van der Waals surface area contributed by atoms with E-state index in [1.165, 1.54) is 17.2 Å². The van der Waals surface area contributed by atoms with Gasteiger partial charge in [0, 0.05) is 26.2 Å². The smallest absolute Gasteiger partial charge is 0.247 e. The van der Waals surface area contributed by atoms with Gasteiger partial charge < -0.3 is 25.2 Å². The van der Waals surface area contributed by atoms with Gasteiger partial charge in [0.15, 0.2) is 0 Å². The second-order valence-corrected chi connectivity index (χ2v) is 9.86. The molecular formula is C29H41N5O2S. The quantitative estimate of drug-likeness (QED) is 0.139. The maximum absolute atomic E-state index is 12.2. The molecule has 0 saturated heterocycles. The van der Waals surface area contributed by atoms with Crippen molar-refractivity contribution in [1.82, 2.24) is 4.90 Å². The molecule has 0 aliphatic heterocycles. The summed E-state index contributed by atoms with van der Waals surface area (Å²) in [6.07, 6.45) is 6.58. The van der Waals surface area contributed by atoms with Crippen LogP contribution in [0.3, 0.4) is 0 Å². The lowest BCUT2D eigenvalue weighted by Gasteiger charge is -2.26. The average molecular weight is 524 g/mol. The van der Waals surface area contributed by atoms with Gasteiger partial charge in [-0.2, -0.15) is 0 Å². The van der Waals surface area contributed by atoms with E-state index in [-0.39, 0.29) is 5.91 Å². The summed E-state index contributed by atoms with van der Waals surface area (Å²) < 4.78 is 5.72. The summed E-state index contributed by atoms with van der Waals surface area (Å²) in [5.74, 6) is 1.09. The van der Waals surface area contributed by atoms with Crippen molar-refractivity contribution >= 4 is 51.4 Å². The van der Waals surface area contributed by atoms with Crippen LogP contribution in [0.5, 0.6) is 5.75 Å². The first-order chi connectivity index (χ1) is 17.6. The minimum absolute atomic E-state index is 0.277. The number of hydrogen-bond acceptors (Lipinski definition) is 6. The highest BCUT2D eigenvalue weighted by molar-refractivity contribution is 7.11. The fourth-order valence-electron chi connectivity index (χ4n) is 3.69. The van der Waals surface area contributed by atoms with Crippen molar-refractivity contribution in [2.45, 2.75) is 34.1 Å². The molecule has 0 fully saturated rings. The van der Waals surface area contributed by atoms with E-state index in [1.807, 2.05) is 46.3 Å². The number of amides is 1. The number of likely N-dealkylation sites (N-methyl/N-ethyl adjacent to an activating group) is 2.